The van der Waals surface area contributed by atoms with Gasteiger partial charge in [-0.25, -0.2) is 4.79 Å². The molecule has 0 atom stereocenters. The molecule has 0 spiro atoms. The highest BCUT2D eigenvalue weighted by molar-refractivity contribution is 6.30. The van der Waals surface area contributed by atoms with Crippen LogP contribution in [0.5, 0.6) is 0 Å². The number of ether oxygens (including phenoxy) is 1. The highest BCUT2D eigenvalue weighted by Crippen LogP contribution is 2.26. The van der Waals surface area contributed by atoms with Crippen LogP contribution in [0.25, 0.3) is 6.08 Å². The molecule has 0 radical (unpaired) electrons. The van der Waals surface area contributed by atoms with Gasteiger partial charge in [-0.05, 0) is 49.2 Å². The van der Waals surface area contributed by atoms with Crippen LogP contribution in [-0.2, 0) is 9.53 Å². The Kier molecular flexibility index (Phi) is 6.74. The summed E-state index contributed by atoms with van der Waals surface area (Å²) >= 11 is 0. The lowest BCUT2D eigenvalue weighted by Crippen LogP contribution is -2.21. The van der Waals surface area contributed by atoms with Gasteiger partial charge in [0.1, 0.15) is 0 Å². The van der Waals surface area contributed by atoms with E-state index in [4.69, 9.17) is 4.74 Å². The van der Waals surface area contributed by atoms with Gasteiger partial charge >= 0.3 is 5.97 Å². The average molecular weight is 388 g/mol. The summed E-state index contributed by atoms with van der Waals surface area (Å²) in [7, 11) is 0. The van der Waals surface area contributed by atoms with Crippen molar-refractivity contribution < 1.29 is 14.3 Å². The molecule has 0 fully saturated rings. The number of esters is 1. The number of rotatable bonds is 7. The monoisotopic (exact) mass is 388 g/mol. The van der Waals surface area contributed by atoms with Crippen molar-refractivity contribution in [2.75, 3.05) is 11.6 Å². The van der Waals surface area contributed by atoms with Gasteiger partial charge in [-0.3, -0.25) is 4.79 Å². The maximum Gasteiger partial charge on any atom is 0.338 e. The van der Waals surface area contributed by atoms with E-state index in [0.29, 0.717) is 29.9 Å². The summed E-state index contributed by atoms with van der Waals surface area (Å²) in [6.45, 7) is 4.14. The van der Waals surface area contributed by atoms with Crippen LogP contribution < -0.4 is 5.01 Å². The smallest absolute Gasteiger partial charge is 0.338 e. The van der Waals surface area contributed by atoms with Gasteiger partial charge in [0.05, 0.1) is 29.1 Å². The molecule has 1 aliphatic heterocycles. The van der Waals surface area contributed by atoms with Crippen molar-refractivity contribution in [2.24, 2.45) is 5.10 Å². The van der Waals surface area contributed by atoms with Crippen LogP contribution in [0.2, 0.25) is 0 Å². The number of benzene rings is 2. The highest BCUT2D eigenvalue weighted by Gasteiger charge is 2.30. The number of carbonyl (C=O) groups is 2. The third-order valence-electron chi connectivity index (χ3n) is 4.42. The lowest BCUT2D eigenvalue weighted by atomic mass is 10.1. The Balaban J connectivity index is 1.82. The molecular formula is C24H24N2O3. The number of hydrazone groups is 1. The first kappa shape index (κ1) is 20.3. The van der Waals surface area contributed by atoms with E-state index in [2.05, 4.69) is 12.0 Å². The molecule has 2 aromatic carbocycles. The van der Waals surface area contributed by atoms with Crippen molar-refractivity contribution in [2.45, 2.75) is 26.7 Å². The molecule has 2 aromatic rings. The minimum absolute atomic E-state index is 0.171. The lowest BCUT2D eigenvalue weighted by molar-refractivity contribution is -0.114. The molecule has 0 saturated carbocycles. The second-order valence-electron chi connectivity index (χ2n) is 6.53. The average Bonchev–Trinajstić information content (AvgIpc) is 3.05. The van der Waals surface area contributed by atoms with Crippen molar-refractivity contribution >= 4 is 29.4 Å². The minimum Gasteiger partial charge on any atom is -0.462 e. The summed E-state index contributed by atoms with van der Waals surface area (Å²) in [5.74, 6) is -0.552. The van der Waals surface area contributed by atoms with Crippen LogP contribution in [0.3, 0.4) is 0 Å². The van der Waals surface area contributed by atoms with Crippen LogP contribution >= 0.6 is 0 Å². The van der Waals surface area contributed by atoms with Crippen LogP contribution in [0.1, 0.15) is 42.6 Å². The molecule has 0 bridgehead atoms. The lowest BCUT2D eigenvalue weighted by Gasteiger charge is -2.12. The number of anilines is 1. The van der Waals surface area contributed by atoms with E-state index in [1.54, 1.807) is 31.2 Å². The van der Waals surface area contributed by atoms with Crippen molar-refractivity contribution in [3.63, 3.8) is 0 Å². The van der Waals surface area contributed by atoms with Crippen molar-refractivity contribution in [3.05, 3.63) is 83.4 Å². The molecule has 1 amide bonds. The Morgan fingerprint density at radius 1 is 1.07 bits per heavy atom. The van der Waals surface area contributed by atoms with E-state index in [-0.39, 0.29) is 11.9 Å². The van der Waals surface area contributed by atoms with Gasteiger partial charge in [-0.15, -0.1) is 0 Å². The van der Waals surface area contributed by atoms with Crippen molar-refractivity contribution in [1.29, 1.82) is 0 Å². The Morgan fingerprint density at radius 3 is 2.45 bits per heavy atom. The number of allylic oxidation sites excluding steroid dienone is 2. The molecule has 1 aliphatic rings. The Bertz CT molecular complexity index is 957. The fourth-order valence-electron chi connectivity index (χ4n) is 2.99. The van der Waals surface area contributed by atoms with Crippen molar-refractivity contribution in [3.8, 4) is 0 Å². The molecule has 5 nitrogen and oxygen atoms in total. The molecular weight excluding hydrogens is 364 g/mol. The van der Waals surface area contributed by atoms with E-state index < -0.39 is 0 Å². The number of nitrogens with zero attached hydrogens (tertiary/aromatic N) is 2. The summed E-state index contributed by atoms with van der Waals surface area (Å²) < 4.78 is 5.00. The molecule has 0 saturated heterocycles. The zero-order valence-electron chi connectivity index (χ0n) is 16.7. The summed E-state index contributed by atoms with van der Waals surface area (Å²) in [5, 5.41) is 5.92. The van der Waals surface area contributed by atoms with E-state index in [9.17, 15) is 9.59 Å². The number of hydrogen-bond donors (Lipinski definition) is 0. The van der Waals surface area contributed by atoms with Gasteiger partial charge in [0.25, 0.3) is 5.91 Å². The zero-order valence-corrected chi connectivity index (χ0v) is 16.7. The molecule has 3 rings (SSSR count). The molecule has 1 heterocycles. The first-order chi connectivity index (χ1) is 14.1. The summed E-state index contributed by atoms with van der Waals surface area (Å²) in [4.78, 5) is 24.8. The number of amides is 1. The van der Waals surface area contributed by atoms with Crippen molar-refractivity contribution in [1.82, 2.24) is 0 Å². The van der Waals surface area contributed by atoms with E-state index >= 15 is 0 Å². The van der Waals surface area contributed by atoms with Crippen LogP contribution in [0.15, 0.2) is 77.4 Å². The first-order valence-electron chi connectivity index (χ1n) is 9.77. The summed E-state index contributed by atoms with van der Waals surface area (Å²) in [5.41, 5.74) is 3.49. The topological polar surface area (TPSA) is 59.0 Å². The van der Waals surface area contributed by atoms with Gasteiger partial charge in [0.2, 0.25) is 0 Å². The van der Waals surface area contributed by atoms with Gasteiger partial charge in [-0.1, -0.05) is 55.8 Å². The zero-order chi connectivity index (χ0) is 20.6. The molecule has 0 aromatic heterocycles. The standard InChI is InChI=1S/C24H24N2O3/c1-3-9-22-21(13-8-12-18-10-6-5-7-11-18)23(27)26(25-22)20-16-14-19(15-17-20)24(28)29-4-2/h5-8,10-17H,3-4,9H2,1-2H3/b12-8+,21-13+. The minimum atomic E-state index is -0.381. The third-order valence-corrected chi connectivity index (χ3v) is 4.42. The second kappa shape index (κ2) is 9.64. The van der Waals surface area contributed by atoms with Gasteiger partial charge < -0.3 is 4.74 Å². The van der Waals surface area contributed by atoms with Crippen LogP contribution in [-0.4, -0.2) is 24.2 Å². The van der Waals surface area contributed by atoms with Crippen LogP contribution in [0, 0.1) is 0 Å². The normalized spacial score (nSPS) is 15.2. The SMILES string of the molecule is CCCC1=NN(c2ccc(C(=O)OCC)cc2)C(=O)/C1=C/C=C/c1ccccc1. The van der Waals surface area contributed by atoms with Crippen LogP contribution in [0.4, 0.5) is 5.69 Å². The summed E-state index contributed by atoms with van der Waals surface area (Å²) in [6, 6.07) is 16.6. The van der Waals surface area contributed by atoms with Gasteiger partial charge in [-0.2, -0.15) is 10.1 Å². The third kappa shape index (κ3) is 4.88. The molecule has 5 heteroatoms. The highest BCUT2D eigenvalue weighted by atomic mass is 16.5. The summed E-state index contributed by atoms with van der Waals surface area (Å²) in [6.07, 6.45) is 7.26. The fraction of sp³-hybridized carbons (Fsp3) is 0.208. The second-order valence-corrected chi connectivity index (χ2v) is 6.53. The molecule has 148 valence electrons. The van der Waals surface area contributed by atoms with Gasteiger partial charge in [0.15, 0.2) is 0 Å². The molecule has 0 unspecified atom stereocenters. The Hall–Kier alpha value is -3.47. The Labute approximate surface area is 171 Å². The van der Waals surface area contributed by atoms with Gasteiger partial charge in [0, 0.05) is 0 Å². The largest absolute Gasteiger partial charge is 0.462 e. The first-order valence-corrected chi connectivity index (χ1v) is 9.77. The fourth-order valence-corrected chi connectivity index (χ4v) is 2.99. The predicted octanol–water partition coefficient (Wildman–Crippen LogP) is 5.01. The Morgan fingerprint density at radius 2 is 1.79 bits per heavy atom. The number of carbonyl (C=O) groups excluding carboxylic acids is 2. The molecule has 29 heavy (non-hydrogen) atoms. The maximum atomic E-state index is 13.0. The predicted molar refractivity (Wildman–Crippen MR) is 116 cm³/mol. The van der Waals surface area contributed by atoms with E-state index in [0.717, 1.165) is 17.7 Å². The quantitative estimate of drug-likeness (QED) is 0.495. The van der Waals surface area contributed by atoms with E-state index in [1.165, 1.54) is 5.01 Å². The maximum absolute atomic E-state index is 13.0. The van der Waals surface area contributed by atoms with E-state index in [1.807, 2.05) is 48.6 Å². The number of hydrogen-bond acceptors (Lipinski definition) is 4. The molecule has 0 N–H and O–H groups in total. The molecule has 0 aliphatic carbocycles.